The largest absolute Gasteiger partial charge is 0.380 e. The molecule has 88 valence electrons. The molecule has 1 aliphatic heterocycles. The monoisotopic (exact) mass is 213 g/mol. The van der Waals surface area contributed by atoms with E-state index in [2.05, 4.69) is 18.7 Å². The lowest BCUT2D eigenvalue weighted by molar-refractivity contribution is -0.117. The highest BCUT2D eigenvalue weighted by atomic mass is 16.5. The highest BCUT2D eigenvalue weighted by molar-refractivity contribution is 5.59. The summed E-state index contributed by atoms with van der Waals surface area (Å²) in [6.07, 6.45) is 4.11. The van der Waals surface area contributed by atoms with Gasteiger partial charge in [0.15, 0.2) is 0 Å². The fraction of sp³-hybridized carbons (Fsp3) is 0.917. The van der Waals surface area contributed by atoms with Crippen LogP contribution in [0.5, 0.6) is 0 Å². The van der Waals surface area contributed by atoms with E-state index in [1.54, 1.807) is 0 Å². The Kier molecular flexibility index (Phi) is 5.26. The van der Waals surface area contributed by atoms with Crippen LogP contribution < -0.4 is 0 Å². The molecular weight excluding hydrogens is 190 g/mol. The molecule has 0 aromatic carbocycles. The molecule has 1 rings (SSSR count). The first-order valence-electron chi connectivity index (χ1n) is 6.03. The summed E-state index contributed by atoms with van der Waals surface area (Å²) >= 11 is 0. The summed E-state index contributed by atoms with van der Waals surface area (Å²) in [6, 6.07) is 0. The minimum absolute atomic E-state index is 0.135. The van der Waals surface area contributed by atoms with Crippen LogP contribution in [0.2, 0.25) is 0 Å². The molecule has 0 unspecified atom stereocenters. The van der Waals surface area contributed by atoms with Crippen LogP contribution in [0.3, 0.4) is 0 Å². The van der Waals surface area contributed by atoms with Crippen molar-refractivity contribution in [3.63, 3.8) is 0 Å². The zero-order chi connectivity index (χ0) is 11.1. The summed E-state index contributed by atoms with van der Waals surface area (Å²) in [7, 11) is 0. The van der Waals surface area contributed by atoms with Crippen molar-refractivity contribution < 1.29 is 9.53 Å². The van der Waals surface area contributed by atoms with E-state index in [-0.39, 0.29) is 5.41 Å². The molecule has 0 amide bonds. The lowest BCUT2D eigenvalue weighted by Gasteiger charge is -2.31. The predicted octanol–water partition coefficient (Wildman–Crippen LogP) is 1.71. The molecule has 3 nitrogen and oxygen atoms in total. The second-order valence-corrected chi connectivity index (χ2v) is 4.43. The van der Waals surface area contributed by atoms with Gasteiger partial charge < -0.3 is 9.53 Å². The van der Waals surface area contributed by atoms with E-state index < -0.39 is 0 Å². The zero-order valence-electron chi connectivity index (χ0n) is 10.00. The Labute approximate surface area is 92.8 Å². The van der Waals surface area contributed by atoms with E-state index in [9.17, 15) is 4.79 Å². The van der Waals surface area contributed by atoms with Crippen molar-refractivity contribution in [3.05, 3.63) is 0 Å². The second kappa shape index (κ2) is 6.23. The normalized spacial score (nSPS) is 19.9. The summed E-state index contributed by atoms with van der Waals surface area (Å²) in [5.74, 6) is 0. The summed E-state index contributed by atoms with van der Waals surface area (Å²) in [4.78, 5) is 13.6. The Morgan fingerprint density at radius 3 is 2.60 bits per heavy atom. The smallest absolute Gasteiger partial charge is 0.127 e. The molecule has 1 saturated heterocycles. The fourth-order valence-corrected chi connectivity index (χ4v) is 2.08. The van der Waals surface area contributed by atoms with Gasteiger partial charge in [-0.2, -0.15) is 0 Å². The minimum Gasteiger partial charge on any atom is -0.380 e. The van der Waals surface area contributed by atoms with Crippen molar-refractivity contribution in [3.8, 4) is 0 Å². The van der Waals surface area contributed by atoms with E-state index in [1.807, 2.05) is 0 Å². The molecule has 0 spiro atoms. The number of hydrogen-bond donors (Lipinski definition) is 0. The number of carbonyl (C=O) groups is 1. The molecule has 1 aliphatic rings. The number of hydrogen-bond acceptors (Lipinski definition) is 3. The highest BCUT2D eigenvalue weighted by Gasteiger charge is 2.28. The average Bonchev–Trinajstić information content (AvgIpc) is 2.54. The third-order valence-electron chi connectivity index (χ3n) is 3.51. The van der Waals surface area contributed by atoms with Gasteiger partial charge in [0.05, 0.1) is 6.61 Å². The Morgan fingerprint density at radius 2 is 2.00 bits per heavy atom. The number of carbonyl (C=O) groups excluding carboxylic acids is 1. The maximum atomic E-state index is 11.2. The third-order valence-corrected chi connectivity index (χ3v) is 3.51. The van der Waals surface area contributed by atoms with Gasteiger partial charge in [0.1, 0.15) is 6.29 Å². The molecule has 0 saturated carbocycles. The van der Waals surface area contributed by atoms with Crippen molar-refractivity contribution >= 4 is 6.29 Å². The van der Waals surface area contributed by atoms with Crippen LogP contribution in [-0.2, 0) is 9.53 Å². The van der Waals surface area contributed by atoms with Gasteiger partial charge in [0.25, 0.3) is 0 Å². The molecular formula is C12H23NO2. The van der Waals surface area contributed by atoms with Crippen molar-refractivity contribution in [1.29, 1.82) is 0 Å². The quantitative estimate of drug-likeness (QED) is 0.651. The Hall–Kier alpha value is -0.410. The van der Waals surface area contributed by atoms with Crippen LogP contribution in [0.4, 0.5) is 0 Å². The van der Waals surface area contributed by atoms with E-state index in [0.717, 1.165) is 58.4 Å². The van der Waals surface area contributed by atoms with E-state index >= 15 is 0 Å². The minimum atomic E-state index is -0.135. The lowest BCUT2D eigenvalue weighted by atomic mass is 9.83. The Bertz CT molecular complexity index is 182. The molecule has 0 atom stereocenters. The molecule has 1 heterocycles. The topological polar surface area (TPSA) is 29.5 Å². The maximum absolute atomic E-state index is 11.2. The number of ether oxygens (including phenoxy) is 1. The molecule has 0 bridgehead atoms. The predicted molar refractivity (Wildman–Crippen MR) is 61.0 cm³/mol. The molecule has 0 aromatic rings. The van der Waals surface area contributed by atoms with E-state index in [4.69, 9.17) is 4.74 Å². The molecule has 0 N–H and O–H groups in total. The average molecular weight is 213 g/mol. The van der Waals surface area contributed by atoms with Gasteiger partial charge in [-0.25, -0.2) is 0 Å². The summed E-state index contributed by atoms with van der Waals surface area (Å²) in [6.45, 7) is 8.81. The van der Waals surface area contributed by atoms with Crippen LogP contribution in [-0.4, -0.2) is 44.0 Å². The standard InChI is InChI=1S/C12H23NO2/c1-3-12(4-2,11-14)10-13-6-5-8-15-9-7-13/h11H,3-10H2,1-2H3. The second-order valence-electron chi connectivity index (χ2n) is 4.43. The number of rotatable bonds is 5. The van der Waals surface area contributed by atoms with Crippen molar-refractivity contribution in [2.45, 2.75) is 33.1 Å². The lowest BCUT2D eigenvalue weighted by Crippen LogP contribution is -2.39. The van der Waals surface area contributed by atoms with Crippen LogP contribution in [0.25, 0.3) is 0 Å². The Morgan fingerprint density at radius 1 is 1.27 bits per heavy atom. The first kappa shape index (κ1) is 12.7. The van der Waals surface area contributed by atoms with Gasteiger partial charge in [0, 0.05) is 31.7 Å². The maximum Gasteiger partial charge on any atom is 0.127 e. The van der Waals surface area contributed by atoms with Gasteiger partial charge in [0.2, 0.25) is 0 Å². The SMILES string of the molecule is CCC(C=O)(CC)CN1CCCOCC1. The van der Waals surface area contributed by atoms with Gasteiger partial charge in [-0.3, -0.25) is 4.90 Å². The van der Waals surface area contributed by atoms with Gasteiger partial charge >= 0.3 is 0 Å². The summed E-state index contributed by atoms with van der Waals surface area (Å²) in [5, 5.41) is 0. The van der Waals surface area contributed by atoms with E-state index in [1.165, 1.54) is 0 Å². The van der Waals surface area contributed by atoms with Gasteiger partial charge in [-0.05, 0) is 19.3 Å². The first-order valence-corrected chi connectivity index (χ1v) is 6.03. The zero-order valence-corrected chi connectivity index (χ0v) is 10.00. The molecule has 0 aromatic heterocycles. The number of nitrogens with zero attached hydrogens (tertiary/aromatic N) is 1. The number of aldehydes is 1. The molecule has 1 fully saturated rings. The highest BCUT2D eigenvalue weighted by Crippen LogP contribution is 2.25. The summed E-state index contributed by atoms with van der Waals surface area (Å²) in [5.41, 5.74) is -0.135. The van der Waals surface area contributed by atoms with Crippen molar-refractivity contribution in [2.24, 2.45) is 5.41 Å². The van der Waals surface area contributed by atoms with Gasteiger partial charge in [-0.15, -0.1) is 0 Å². The van der Waals surface area contributed by atoms with E-state index in [0.29, 0.717) is 0 Å². The van der Waals surface area contributed by atoms with Crippen molar-refractivity contribution in [2.75, 3.05) is 32.8 Å². The molecule has 15 heavy (non-hydrogen) atoms. The summed E-state index contributed by atoms with van der Waals surface area (Å²) < 4.78 is 5.41. The first-order chi connectivity index (χ1) is 7.26. The fourth-order valence-electron chi connectivity index (χ4n) is 2.08. The van der Waals surface area contributed by atoms with Crippen LogP contribution in [0.1, 0.15) is 33.1 Å². The Balaban J connectivity index is 2.51. The van der Waals surface area contributed by atoms with Gasteiger partial charge in [-0.1, -0.05) is 13.8 Å². The molecule has 0 radical (unpaired) electrons. The molecule has 0 aliphatic carbocycles. The third kappa shape index (κ3) is 3.58. The van der Waals surface area contributed by atoms with Crippen LogP contribution in [0, 0.1) is 5.41 Å². The van der Waals surface area contributed by atoms with Crippen LogP contribution in [0.15, 0.2) is 0 Å². The van der Waals surface area contributed by atoms with Crippen LogP contribution >= 0.6 is 0 Å². The molecule has 3 heteroatoms. The van der Waals surface area contributed by atoms with Crippen molar-refractivity contribution in [1.82, 2.24) is 4.90 Å².